The van der Waals surface area contributed by atoms with Gasteiger partial charge < -0.3 is 9.47 Å². The Morgan fingerprint density at radius 1 is 1.44 bits per heavy atom. The Labute approximate surface area is 105 Å². The number of rotatable bonds is 7. The van der Waals surface area contributed by atoms with Crippen molar-refractivity contribution in [2.75, 3.05) is 20.3 Å². The van der Waals surface area contributed by atoms with E-state index in [9.17, 15) is 9.18 Å². The first-order valence-corrected chi connectivity index (χ1v) is 5.63. The third-order valence-corrected chi connectivity index (χ3v) is 2.34. The molecule has 6 heteroatoms. The maximum absolute atomic E-state index is 13.3. The highest BCUT2D eigenvalue weighted by Crippen LogP contribution is 2.18. The van der Waals surface area contributed by atoms with E-state index in [1.165, 1.54) is 19.2 Å². The molecule has 3 N–H and O–H groups in total. The molecule has 1 rings (SSSR count). The summed E-state index contributed by atoms with van der Waals surface area (Å²) in [6.07, 6.45) is 1.51. The maximum Gasteiger partial charge on any atom is 0.338 e. The van der Waals surface area contributed by atoms with Crippen LogP contribution in [0.15, 0.2) is 18.2 Å². The van der Waals surface area contributed by atoms with Crippen LogP contribution in [0.2, 0.25) is 0 Å². The van der Waals surface area contributed by atoms with Gasteiger partial charge in [0.1, 0.15) is 0 Å². The average molecular weight is 256 g/mol. The van der Waals surface area contributed by atoms with Gasteiger partial charge in [0.2, 0.25) is 0 Å². The molecule has 0 aromatic heterocycles. The van der Waals surface area contributed by atoms with Gasteiger partial charge in [-0.3, -0.25) is 11.3 Å². The van der Waals surface area contributed by atoms with Crippen molar-refractivity contribution in [3.63, 3.8) is 0 Å². The number of ether oxygens (including phenoxy) is 2. The van der Waals surface area contributed by atoms with Crippen LogP contribution in [0.5, 0.6) is 5.75 Å². The molecule has 100 valence electrons. The predicted octanol–water partition coefficient (Wildman–Crippen LogP) is 1.23. The Morgan fingerprint density at radius 3 is 2.83 bits per heavy atom. The van der Waals surface area contributed by atoms with Crippen LogP contribution in [0.1, 0.15) is 23.2 Å². The number of nitrogens with two attached hydrogens (primary N) is 1. The maximum atomic E-state index is 13.3. The lowest BCUT2D eigenvalue weighted by Gasteiger charge is -2.06. The lowest BCUT2D eigenvalue weighted by Crippen LogP contribution is -2.23. The lowest BCUT2D eigenvalue weighted by molar-refractivity contribution is 0.0498. The van der Waals surface area contributed by atoms with Crippen LogP contribution in [-0.2, 0) is 4.74 Å². The molecule has 1 aromatic carbocycles. The predicted molar refractivity (Wildman–Crippen MR) is 64.7 cm³/mol. The lowest BCUT2D eigenvalue weighted by atomic mass is 10.2. The standard InChI is InChI=1S/C12H17FN2O3/c1-17-11-5-4-9(8-10(11)13)12(16)18-7-3-2-6-15-14/h4-5,8,15H,2-3,6-7,14H2,1H3. The minimum atomic E-state index is -0.584. The fourth-order valence-electron chi connectivity index (χ4n) is 1.37. The van der Waals surface area contributed by atoms with Gasteiger partial charge in [0.05, 0.1) is 19.3 Å². The number of hydrogen-bond acceptors (Lipinski definition) is 5. The Morgan fingerprint density at radius 2 is 2.22 bits per heavy atom. The summed E-state index contributed by atoms with van der Waals surface area (Å²) in [7, 11) is 1.36. The zero-order valence-electron chi connectivity index (χ0n) is 10.2. The van der Waals surface area contributed by atoms with Crippen molar-refractivity contribution in [2.45, 2.75) is 12.8 Å². The van der Waals surface area contributed by atoms with Gasteiger partial charge in [-0.2, -0.15) is 0 Å². The van der Waals surface area contributed by atoms with Gasteiger partial charge in [-0.1, -0.05) is 0 Å². The molecule has 0 aliphatic heterocycles. The summed E-state index contributed by atoms with van der Waals surface area (Å²) in [5, 5.41) is 0. The van der Waals surface area contributed by atoms with E-state index in [4.69, 9.17) is 15.3 Å². The van der Waals surface area contributed by atoms with Crippen LogP contribution in [0.4, 0.5) is 4.39 Å². The van der Waals surface area contributed by atoms with Crippen LogP contribution in [0.25, 0.3) is 0 Å². The number of hydrazine groups is 1. The second-order valence-electron chi connectivity index (χ2n) is 3.65. The zero-order chi connectivity index (χ0) is 13.4. The van der Waals surface area contributed by atoms with Crippen LogP contribution < -0.4 is 16.0 Å². The first kappa shape index (κ1) is 14.4. The molecule has 5 nitrogen and oxygen atoms in total. The fraction of sp³-hybridized carbons (Fsp3) is 0.417. The smallest absolute Gasteiger partial charge is 0.338 e. The van der Waals surface area contributed by atoms with Crippen LogP contribution in [-0.4, -0.2) is 26.2 Å². The van der Waals surface area contributed by atoms with Crippen LogP contribution >= 0.6 is 0 Å². The van der Waals surface area contributed by atoms with Gasteiger partial charge in [0.25, 0.3) is 0 Å². The summed E-state index contributed by atoms with van der Waals surface area (Å²) in [5.74, 6) is 4.06. The van der Waals surface area contributed by atoms with Crippen molar-refractivity contribution >= 4 is 5.97 Å². The number of hydrogen-bond donors (Lipinski definition) is 2. The Bertz CT molecular complexity index is 399. The molecule has 18 heavy (non-hydrogen) atoms. The molecule has 0 bridgehead atoms. The molecule has 0 saturated carbocycles. The number of methoxy groups -OCH3 is 1. The van der Waals surface area contributed by atoms with E-state index in [1.54, 1.807) is 0 Å². The largest absolute Gasteiger partial charge is 0.494 e. The Kier molecular flexibility index (Phi) is 6.10. The van der Waals surface area contributed by atoms with E-state index in [2.05, 4.69) is 5.43 Å². The topological polar surface area (TPSA) is 73.6 Å². The molecule has 1 aromatic rings. The highest BCUT2D eigenvalue weighted by Gasteiger charge is 2.10. The molecule has 0 unspecified atom stereocenters. The number of carbonyl (C=O) groups excluding carboxylic acids is 1. The first-order valence-electron chi connectivity index (χ1n) is 5.63. The second kappa shape index (κ2) is 7.62. The molecule has 0 heterocycles. The van der Waals surface area contributed by atoms with Crippen molar-refractivity contribution in [2.24, 2.45) is 5.84 Å². The van der Waals surface area contributed by atoms with Gasteiger partial charge in [-0.15, -0.1) is 0 Å². The van der Waals surface area contributed by atoms with Gasteiger partial charge in [0.15, 0.2) is 11.6 Å². The molecule has 0 amide bonds. The number of unbranched alkanes of at least 4 members (excludes halogenated alkanes) is 1. The van der Waals surface area contributed by atoms with E-state index in [-0.39, 0.29) is 17.9 Å². The molecule has 0 fully saturated rings. The number of carbonyl (C=O) groups is 1. The average Bonchev–Trinajstić information content (AvgIpc) is 2.38. The van der Waals surface area contributed by atoms with Gasteiger partial charge in [-0.25, -0.2) is 9.18 Å². The van der Waals surface area contributed by atoms with E-state index in [1.807, 2.05) is 0 Å². The number of benzene rings is 1. The minimum absolute atomic E-state index is 0.0978. The zero-order valence-corrected chi connectivity index (χ0v) is 10.2. The van der Waals surface area contributed by atoms with Gasteiger partial charge >= 0.3 is 5.97 Å². The molecule has 0 saturated heterocycles. The highest BCUT2D eigenvalue weighted by atomic mass is 19.1. The molecular weight excluding hydrogens is 239 g/mol. The normalized spacial score (nSPS) is 10.2. The number of halogens is 1. The van der Waals surface area contributed by atoms with Gasteiger partial charge in [0, 0.05) is 6.54 Å². The molecular formula is C12H17FN2O3. The fourth-order valence-corrected chi connectivity index (χ4v) is 1.37. The monoisotopic (exact) mass is 256 g/mol. The summed E-state index contributed by atoms with van der Waals surface area (Å²) in [6.45, 7) is 0.947. The van der Waals surface area contributed by atoms with Crippen molar-refractivity contribution in [3.8, 4) is 5.75 Å². The quantitative estimate of drug-likeness (QED) is 0.332. The summed E-state index contributed by atoms with van der Waals surface area (Å²) in [6, 6.07) is 3.96. The van der Waals surface area contributed by atoms with E-state index < -0.39 is 11.8 Å². The van der Waals surface area contributed by atoms with E-state index in [0.717, 1.165) is 12.5 Å². The Hall–Kier alpha value is -1.66. The van der Waals surface area contributed by atoms with E-state index in [0.29, 0.717) is 13.0 Å². The summed E-state index contributed by atoms with van der Waals surface area (Å²) in [5.41, 5.74) is 2.68. The minimum Gasteiger partial charge on any atom is -0.494 e. The third kappa shape index (κ3) is 4.31. The van der Waals surface area contributed by atoms with Crippen LogP contribution in [0, 0.1) is 5.82 Å². The summed E-state index contributed by atoms with van der Waals surface area (Å²) < 4.78 is 23.1. The summed E-state index contributed by atoms with van der Waals surface area (Å²) >= 11 is 0. The molecule has 0 radical (unpaired) electrons. The number of nitrogens with one attached hydrogen (secondary N) is 1. The summed E-state index contributed by atoms with van der Waals surface area (Å²) in [4.78, 5) is 11.6. The van der Waals surface area contributed by atoms with Gasteiger partial charge in [-0.05, 0) is 31.0 Å². The van der Waals surface area contributed by atoms with E-state index >= 15 is 0 Å². The SMILES string of the molecule is COc1ccc(C(=O)OCCCCNN)cc1F. The molecule has 0 aliphatic carbocycles. The first-order chi connectivity index (χ1) is 8.69. The molecule has 0 atom stereocenters. The highest BCUT2D eigenvalue weighted by molar-refractivity contribution is 5.89. The third-order valence-electron chi connectivity index (χ3n) is 2.34. The van der Waals surface area contributed by atoms with Crippen molar-refractivity contribution in [1.82, 2.24) is 5.43 Å². The second-order valence-corrected chi connectivity index (χ2v) is 3.65. The molecule has 0 aliphatic rings. The molecule has 0 spiro atoms. The van der Waals surface area contributed by atoms with Crippen molar-refractivity contribution in [1.29, 1.82) is 0 Å². The Balaban J connectivity index is 2.44. The number of esters is 1. The van der Waals surface area contributed by atoms with Crippen LogP contribution in [0.3, 0.4) is 0 Å². The van der Waals surface area contributed by atoms with Crippen molar-refractivity contribution in [3.05, 3.63) is 29.6 Å². The van der Waals surface area contributed by atoms with Crippen molar-refractivity contribution < 1.29 is 18.7 Å².